The van der Waals surface area contributed by atoms with Crippen LogP contribution in [0.2, 0.25) is 0 Å². The third-order valence-corrected chi connectivity index (χ3v) is 2.27. The van der Waals surface area contributed by atoms with Gasteiger partial charge in [0.2, 0.25) is 0 Å². The van der Waals surface area contributed by atoms with Crippen LogP contribution in [0.5, 0.6) is 0 Å². The lowest BCUT2D eigenvalue weighted by molar-refractivity contribution is 0.0690. The van der Waals surface area contributed by atoms with Crippen molar-refractivity contribution in [2.45, 2.75) is 6.92 Å². The molecule has 15 heavy (non-hydrogen) atoms. The standard InChI is InChI=1S/C11H10N2O2/c1-6-5-7-3-2-4-8(12)10(7)13-9(6)11(14)15/h2-5H,12H2,1H3,(H,14,15). The largest absolute Gasteiger partial charge is 0.477 e. The van der Waals surface area contributed by atoms with E-state index in [2.05, 4.69) is 4.98 Å². The molecule has 76 valence electrons. The first kappa shape index (κ1) is 9.45. The van der Waals surface area contributed by atoms with Crippen molar-refractivity contribution in [2.24, 2.45) is 0 Å². The molecular weight excluding hydrogens is 192 g/mol. The lowest BCUT2D eigenvalue weighted by Gasteiger charge is -2.05. The second kappa shape index (κ2) is 3.24. The van der Waals surface area contributed by atoms with Crippen LogP contribution in [0.4, 0.5) is 5.69 Å². The molecule has 2 aromatic rings. The Morgan fingerprint density at radius 3 is 2.87 bits per heavy atom. The van der Waals surface area contributed by atoms with Crippen LogP contribution in [0.1, 0.15) is 16.1 Å². The monoisotopic (exact) mass is 202 g/mol. The smallest absolute Gasteiger partial charge is 0.354 e. The number of aryl methyl sites for hydroxylation is 1. The summed E-state index contributed by atoms with van der Waals surface area (Å²) in [6, 6.07) is 7.16. The van der Waals surface area contributed by atoms with Crippen LogP contribution in [0.15, 0.2) is 24.3 Å². The van der Waals surface area contributed by atoms with Gasteiger partial charge in [-0.1, -0.05) is 12.1 Å². The average molecular weight is 202 g/mol. The maximum absolute atomic E-state index is 10.9. The predicted molar refractivity (Wildman–Crippen MR) is 57.9 cm³/mol. The second-order valence-corrected chi connectivity index (χ2v) is 3.38. The Labute approximate surface area is 86.4 Å². The molecule has 1 aromatic heterocycles. The van der Waals surface area contributed by atoms with E-state index >= 15 is 0 Å². The van der Waals surface area contributed by atoms with Gasteiger partial charge in [0.25, 0.3) is 0 Å². The number of nitrogens with zero attached hydrogens (tertiary/aromatic N) is 1. The minimum atomic E-state index is -1.03. The molecule has 0 atom stereocenters. The van der Waals surface area contributed by atoms with Crippen LogP contribution >= 0.6 is 0 Å². The molecule has 0 aliphatic rings. The Kier molecular flexibility index (Phi) is 2.04. The summed E-state index contributed by atoms with van der Waals surface area (Å²) in [6.45, 7) is 1.72. The highest BCUT2D eigenvalue weighted by atomic mass is 16.4. The van der Waals surface area contributed by atoms with Crippen LogP contribution in [-0.4, -0.2) is 16.1 Å². The highest BCUT2D eigenvalue weighted by Crippen LogP contribution is 2.21. The quantitative estimate of drug-likeness (QED) is 0.691. The zero-order chi connectivity index (χ0) is 11.0. The molecule has 1 aromatic carbocycles. The number of nitrogens with two attached hydrogens (primary N) is 1. The number of benzene rings is 1. The van der Waals surface area contributed by atoms with E-state index in [1.165, 1.54) is 0 Å². The third-order valence-electron chi connectivity index (χ3n) is 2.27. The first-order valence-corrected chi connectivity index (χ1v) is 4.48. The van der Waals surface area contributed by atoms with E-state index in [0.717, 1.165) is 5.39 Å². The molecule has 0 fully saturated rings. The Balaban J connectivity index is 2.83. The number of carboxylic acids is 1. The molecule has 0 saturated carbocycles. The van der Waals surface area contributed by atoms with Gasteiger partial charge < -0.3 is 10.8 Å². The van der Waals surface area contributed by atoms with Crippen molar-refractivity contribution < 1.29 is 9.90 Å². The number of rotatable bonds is 1. The summed E-state index contributed by atoms with van der Waals surface area (Å²) in [4.78, 5) is 14.9. The van der Waals surface area contributed by atoms with Crippen molar-refractivity contribution in [1.82, 2.24) is 4.98 Å². The number of pyridine rings is 1. The summed E-state index contributed by atoms with van der Waals surface area (Å²) < 4.78 is 0. The first-order valence-electron chi connectivity index (χ1n) is 4.48. The van der Waals surface area contributed by atoms with Gasteiger partial charge in [-0.2, -0.15) is 0 Å². The zero-order valence-corrected chi connectivity index (χ0v) is 8.19. The molecule has 0 radical (unpaired) electrons. The Morgan fingerprint density at radius 1 is 1.47 bits per heavy atom. The zero-order valence-electron chi connectivity index (χ0n) is 8.19. The number of aromatic carboxylic acids is 1. The fourth-order valence-electron chi connectivity index (χ4n) is 1.54. The van der Waals surface area contributed by atoms with Gasteiger partial charge in [-0.3, -0.25) is 0 Å². The van der Waals surface area contributed by atoms with Crippen molar-refractivity contribution >= 4 is 22.6 Å². The second-order valence-electron chi connectivity index (χ2n) is 3.38. The van der Waals surface area contributed by atoms with Crippen LogP contribution in [-0.2, 0) is 0 Å². The minimum absolute atomic E-state index is 0.0559. The Morgan fingerprint density at radius 2 is 2.20 bits per heavy atom. The third kappa shape index (κ3) is 1.50. The molecule has 0 aliphatic carbocycles. The molecule has 4 heteroatoms. The fourth-order valence-corrected chi connectivity index (χ4v) is 1.54. The molecule has 0 saturated heterocycles. The van der Waals surface area contributed by atoms with Crippen LogP contribution < -0.4 is 5.73 Å². The Hall–Kier alpha value is -2.10. The maximum atomic E-state index is 10.9. The predicted octanol–water partition coefficient (Wildman–Crippen LogP) is 1.82. The topological polar surface area (TPSA) is 76.2 Å². The average Bonchev–Trinajstić information content (AvgIpc) is 2.16. The first-order chi connectivity index (χ1) is 7.09. The van der Waals surface area contributed by atoms with Gasteiger partial charge >= 0.3 is 5.97 Å². The summed E-state index contributed by atoms with van der Waals surface area (Å²) in [5, 5.41) is 9.77. The summed E-state index contributed by atoms with van der Waals surface area (Å²) in [6.07, 6.45) is 0. The molecule has 4 nitrogen and oxygen atoms in total. The number of aromatic nitrogens is 1. The van der Waals surface area contributed by atoms with Crippen molar-refractivity contribution in [2.75, 3.05) is 5.73 Å². The van der Waals surface area contributed by atoms with Crippen molar-refractivity contribution in [1.29, 1.82) is 0 Å². The minimum Gasteiger partial charge on any atom is -0.477 e. The number of anilines is 1. The maximum Gasteiger partial charge on any atom is 0.354 e. The highest BCUT2D eigenvalue weighted by molar-refractivity contribution is 5.95. The van der Waals surface area contributed by atoms with E-state index in [-0.39, 0.29) is 5.69 Å². The van der Waals surface area contributed by atoms with E-state index in [4.69, 9.17) is 10.8 Å². The summed E-state index contributed by atoms with van der Waals surface area (Å²) in [7, 11) is 0. The van der Waals surface area contributed by atoms with Crippen LogP contribution in [0, 0.1) is 6.92 Å². The molecule has 0 bridgehead atoms. The van der Waals surface area contributed by atoms with Gasteiger partial charge in [-0.05, 0) is 24.6 Å². The van der Waals surface area contributed by atoms with E-state index < -0.39 is 5.97 Å². The SMILES string of the molecule is Cc1cc2cccc(N)c2nc1C(=O)O. The number of nitrogen functional groups attached to an aromatic ring is 1. The van der Waals surface area contributed by atoms with E-state index in [0.29, 0.717) is 16.8 Å². The number of hydrogen-bond acceptors (Lipinski definition) is 3. The van der Waals surface area contributed by atoms with E-state index in [1.807, 2.05) is 12.1 Å². The number of carbonyl (C=O) groups is 1. The summed E-state index contributed by atoms with van der Waals surface area (Å²) in [5.41, 5.74) is 7.45. The normalized spacial score (nSPS) is 10.5. The summed E-state index contributed by atoms with van der Waals surface area (Å²) >= 11 is 0. The van der Waals surface area contributed by atoms with Crippen molar-refractivity contribution in [3.8, 4) is 0 Å². The number of hydrogen-bond donors (Lipinski definition) is 2. The lowest BCUT2D eigenvalue weighted by atomic mass is 10.1. The van der Waals surface area contributed by atoms with Crippen molar-refractivity contribution in [3.63, 3.8) is 0 Å². The van der Waals surface area contributed by atoms with Crippen LogP contribution in [0.3, 0.4) is 0 Å². The van der Waals surface area contributed by atoms with Crippen molar-refractivity contribution in [3.05, 3.63) is 35.5 Å². The fraction of sp³-hybridized carbons (Fsp3) is 0.0909. The Bertz CT molecular complexity index is 550. The molecule has 0 amide bonds. The lowest BCUT2D eigenvalue weighted by Crippen LogP contribution is -2.04. The number of fused-ring (bicyclic) bond motifs is 1. The summed E-state index contributed by atoms with van der Waals surface area (Å²) in [5.74, 6) is -1.03. The van der Waals surface area contributed by atoms with Crippen LogP contribution in [0.25, 0.3) is 10.9 Å². The molecular formula is C11H10N2O2. The van der Waals surface area contributed by atoms with Gasteiger partial charge in [0, 0.05) is 5.39 Å². The highest BCUT2D eigenvalue weighted by Gasteiger charge is 2.11. The molecule has 0 aliphatic heterocycles. The van der Waals surface area contributed by atoms with E-state index in [1.54, 1.807) is 19.1 Å². The molecule has 0 spiro atoms. The molecule has 0 unspecified atom stereocenters. The van der Waals surface area contributed by atoms with Gasteiger partial charge in [0.1, 0.15) is 0 Å². The van der Waals surface area contributed by atoms with Gasteiger partial charge in [-0.15, -0.1) is 0 Å². The van der Waals surface area contributed by atoms with Gasteiger partial charge in [0.15, 0.2) is 5.69 Å². The number of carboxylic acid groups (broad SMARTS) is 1. The number of para-hydroxylation sites is 1. The van der Waals surface area contributed by atoms with Gasteiger partial charge in [-0.25, -0.2) is 9.78 Å². The molecule has 3 N–H and O–H groups in total. The van der Waals surface area contributed by atoms with E-state index in [9.17, 15) is 4.79 Å². The van der Waals surface area contributed by atoms with Gasteiger partial charge in [0.05, 0.1) is 11.2 Å². The molecule has 1 heterocycles. The molecule has 2 rings (SSSR count).